The lowest BCUT2D eigenvalue weighted by atomic mass is 9.59. The van der Waals surface area contributed by atoms with Crippen LogP contribution in [0.5, 0.6) is 0 Å². The van der Waals surface area contributed by atoms with Crippen molar-refractivity contribution in [3.05, 3.63) is 12.2 Å². The molecule has 0 aromatic rings. The summed E-state index contributed by atoms with van der Waals surface area (Å²) >= 11 is 0. The summed E-state index contributed by atoms with van der Waals surface area (Å²) in [5.74, 6) is 3.39. The molecule has 8 atom stereocenters. The van der Waals surface area contributed by atoms with Crippen LogP contribution in [0.3, 0.4) is 0 Å². The van der Waals surface area contributed by atoms with Crippen LogP contribution in [0.4, 0.5) is 0 Å². The fourth-order valence-corrected chi connectivity index (χ4v) is 7.07. The lowest BCUT2D eigenvalue weighted by molar-refractivity contribution is 0.0433. The van der Waals surface area contributed by atoms with Crippen LogP contribution in [0, 0.1) is 39.9 Å². The molecule has 3 rings (SSSR count). The molecule has 2 aliphatic carbocycles. The SMILES string of the molecule is CCCC=CC(C)C1(C)CC1(C)C(C)(CCC)C1N=CCC2CC2CC1CC. The van der Waals surface area contributed by atoms with E-state index in [2.05, 4.69) is 66.8 Å². The Bertz CT molecular complexity index is 591. The Balaban J connectivity index is 1.89. The monoisotopic (exact) mass is 385 g/mol. The van der Waals surface area contributed by atoms with E-state index in [-0.39, 0.29) is 0 Å². The summed E-state index contributed by atoms with van der Waals surface area (Å²) in [6.07, 6.45) is 19.2. The largest absolute Gasteiger partial charge is 0.293 e. The first-order chi connectivity index (χ1) is 13.3. The van der Waals surface area contributed by atoms with E-state index < -0.39 is 0 Å². The Labute approximate surface area is 175 Å². The van der Waals surface area contributed by atoms with Gasteiger partial charge in [0.2, 0.25) is 0 Å². The minimum atomic E-state index is 0.308. The first kappa shape index (κ1) is 22.1. The molecular formula is C27H47N. The standard InChI is InChI=1S/C27H47N/c1-8-11-12-13-20(4)26(6)19-27(26,7)25(5,15-9-2)24-21(10-3)17-23-18-22(23)14-16-28-24/h12-13,16,20-24H,8-11,14-15,17-19H2,1-7H3. The molecule has 0 saturated heterocycles. The van der Waals surface area contributed by atoms with Crippen LogP contribution >= 0.6 is 0 Å². The zero-order valence-corrected chi connectivity index (χ0v) is 19.9. The van der Waals surface area contributed by atoms with Crippen LogP contribution in [0.15, 0.2) is 17.1 Å². The highest BCUT2D eigenvalue weighted by Crippen LogP contribution is 2.77. The summed E-state index contributed by atoms with van der Waals surface area (Å²) in [6.45, 7) is 17.4. The van der Waals surface area contributed by atoms with Crippen molar-refractivity contribution in [3.63, 3.8) is 0 Å². The van der Waals surface area contributed by atoms with Gasteiger partial charge in [-0.2, -0.15) is 0 Å². The van der Waals surface area contributed by atoms with Crippen LogP contribution < -0.4 is 0 Å². The van der Waals surface area contributed by atoms with Crippen molar-refractivity contribution in [2.75, 3.05) is 0 Å². The van der Waals surface area contributed by atoms with Crippen molar-refractivity contribution >= 4 is 6.21 Å². The van der Waals surface area contributed by atoms with E-state index in [4.69, 9.17) is 4.99 Å². The van der Waals surface area contributed by atoms with Gasteiger partial charge in [-0.25, -0.2) is 0 Å². The number of rotatable bonds is 9. The van der Waals surface area contributed by atoms with Gasteiger partial charge < -0.3 is 0 Å². The Morgan fingerprint density at radius 1 is 1.14 bits per heavy atom. The fourth-order valence-electron chi connectivity index (χ4n) is 7.07. The van der Waals surface area contributed by atoms with Gasteiger partial charge in [0.1, 0.15) is 0 Å². The van der Waals surface area contributed by atoms with Gasteiger partial charge in [-0.05, 0) is 84.7 Å². The molecule has 2 saturated carbocycles. The Hall–Kier alpha value is -0.590. The first-order valence-electron chi connectivity index (χ1n) is 12.5. The third-order valence-electron chi connectivity index (χ3n) is 9.74. The molecule has 28 heavy (non-hydrogen) atoms. The van der Waals surface area contributed by atoms with Crippen LogP contribution in [-0.2, 0) is 0 Å². The fraction of sp³-hybridized carbons (Fsp3) is 0.889. The molecule has 1 heteroatoms. The Morgan fingerprint density at radius 3 is 2.54 bits per heavy atom. The predicted octanol–water partition coefficient (Wildman–Crippen LogP) is 8.10. The molecule has 1 heterocycles. The summed E-state index contributed by atoms with van der Waals surface area (Å²) < 4.78 is 0. The third kappa shape index (κ3) is 3.65. The second-order valence-corrected chi connectivity index (χ2v) is 11.3. The van der Waals surface area contributed by atoms with E-state index in [1.807, 2.05) is 0 Å². The van der Waals surface area contributed by atoms with Gasteiger partial charge in [0, 0.05) is 0 Å². The van der Waals surface area contributed by atoms with E-state index >= 15 is 0 Å². The number of nitrogens with zero attached hydrogens (tertiary/aromatic N) is 1. The third-order valence-corrected chi connectivity index (χ3v) is 9.74. The Morgan fingerprint density at radius 2 is 1.89 bits per heavy atom. The maximum atomic E-state index is 5.37. The summed E-state index contributed by atoms with van der Waals surface area (Å²) in [7, 11) is 0. The zero-order valence-electron chi connectivity index (χ0n) is 19.9. The van der Waals surface area contributed by atoms with Gasteiger partial charge in [0.25, 0.3) is 0 Å². The minimum absolute atomic E-state index is 0.308. The van der Waals surface area contributed by atoms with E-state index in [1.54, 1.807) is 0 Å². The summed E-state index contributed by atoms with van der Waals surface area (Å²) in [4.78, 5) is 5.37. The van der Waals surface area contributed by atoms with Crippen molar-refractivity contribution < 1.29 is 0 Å². The van der Waals surface area contributed by atoms with Gasteiger partial charge in [-0.1, -0.05) is 79.9 Å². The van der Waals surface area contributed by atoms with Crippen LogP contribution in [0.1, 0.15) is 106 Å². The maximum Gasteiger partial charge on any atom is 0.0582 e. The van der Waals surface area contributed by atoms with Crippen LogP contribution in [-0.4, -0.2) is 12.3 Å². The molecule has 0 aromatic heterocycles. The Kier molecular flexibility index (Phi) is 6.53. The molecular weight excluding hydrogens is 338 g/mol. The number of unbranched alkanes of at least 4 members (excludes halogenated alkanes) is 1. The number of hydrogen-bond donors (Lipinski definition) is 0. The summed E-state index contributed by atoms with van der Waals surface area (Å²) in [5.41, 5.74) is 1.12. The van der Waals surface area contributed by atoms with E-state index in [0.29, 0.717) is 28.2 Å². The number of aliphatic imine (C=N–C) groups is 1. The average Bonchev–Trinajstić information content (AvgIpc) is 3.51. The van der Waals surface area contributed by atoms with E-state index in [1.165, 1.54) is 57.8 Å². The normalized spacial score (nSPS) is 43.1. The predicted molar refractivity (Wildman–Crippen MR) is 124 cm³/mol. The molecule has 0 aromatic carbocycles. The molecule has 8 unspecified atom stereocenters. The quantitative estimate of drug-likeness (QED) is 0.355. The zero-order chi connectivity index (χ0) is 20.6. The van der Waals surface area contributed by atoms with Crippen molar-refractivity contribution in [2.45, 2.75) is 112 Å². The highest BCUT2D eigenvalue weighted by molar-refractivity contribution is 5.59. The number of hydrogen-bond acceptors (Lipinski definition) is 1. The lowest BCUT2D eigenvalue weighted by Gasteiger charge is -2.48. The van der Waals surface area contributed by atoms with E-state index in [9.17, 15) is 0 Å². The highest BCUT2D eigenvalue weighted by atomic mass is 14.9. The van der Waals surface area contributed by atoms with Gasteiger partial charge in [-0.15, -0.1) is 0 Å². The lowest BCUT2D eigenvalue weighted by Crippen LogP contribution is -2.46. The summed E-state index contributed by atoms with van der Waals surface area (Å²) in [5, 5.41) is 0. The molecule has 0 N–H and O–H groups in total. The van der Waals surface area contributed by atoms with Gasteiger partial charge >= 0.3 is 0 Å². The molecule has 0 radical (unpaired) electrons. The van der Waals surface area contributed by atoms with Gasteiger partial charge in [0.05, 0.1) is 6.04 Å². The highest BCUT2D eigenvalue weighted by Gasteiger charge is 2.71. The smallest absolute Gasteiger partial charge is 0.0582 e. The molecule has 1 nitrogen and oxygen atoms in total. The van der Waals surface area contributed by atoms with Crippen LogP contribution in [0.2, 0.25) is 0 Å². The summed E-state index contributed by atoms with van der Waals surface area (Å²) in [6, 6.07) is 0.512. The van der Waals surface area contributed by atoms with Crippen molar-refractivity contribution in [3.8, 4) is 0 Å². The number of fused-ring (bicyclic) bond motifs is 1. The first-order valence-corrected chi connectivity index (χ1v) is 12.5. The molecule has 3 aliphatic rings. The average molecular weight is 386 g/mol. The molecule has 160 valence electrons. The van der Waals surface area contributed by atoms with E-state index in [0.717, 1.165) is 17.8 Å². The van der Waals surface area contributed by atoms with Crippen LogP contribution in [0.25, 0.3) is 0 Å². The van der Waals surface area contributed by atoms with Crippen molar-refractivity contribution in [1.82, 2.24) is 0 Å². The minimum Gasteiger partial charge on any atom is -0.293 e. The topological polar surface area (TPSA) is 12.4 Å². The second kappa shape index (κ2) is 8.27. The van der Waals surface area contributed by atoms with Gasteiger partial charge in [-0.3, -0.25) is 4.99 Å². The molecule has 2 fully saturated rings. The molecule has 0 bridgehead atoms. The molecule has 0 spiro atoms. The van der Waals surface area contributed by atoms with Crippen molar-refractivity contribution in [2.24, 2.45) is 44.9 Å². The van der Waals surface area contributed by atoms with Crippen molar-refractivity contribution in [1.29, 1.82) is 0 Å². The molecule has 1 aliphatic heterocycles. The maximum absolute atomic E-state index is 5.37. The molecule has 0 amide bonds. The number of allylic oxidation sites excluding steroid dienone is 2. The second-order valence-electron chi connectivity index (χ2n) is 11.3. The van der Waals surface area contributed by atoms with Gasteiger partial charge in [0.15, 0.2) is 0 Å².